The van der Waals surface area contributed by atoms with E-state index in [1.54, 1.807) is 0 Å². The van der Waals surface area contributed by atoms with Crippen molar-refractivity contribution in [2.45, 2.75) is 38.6 Å². The van der Waals surface area contributed by atoms with Crippen LogP contribution in [-0.2, 0) is 9.53 Å². The van der Waals surface area contributed by atoms with E-state index in [2.05, 4.69) is 30.1 Å². The zero-order valence-corrected chi connectivity index (χ0v) is 11.0. The van der Waals surface area contributed by atoms with Crippen LogP contribution in [0.4, 0.5) is 4.79 Å². The number of carboxylic acids is 1. The fourth-order valence-corrected chi connectivity index (χ4v) is 1.43. The Morgan fingerprint density at radius 2 is 1.94 bits per heavy atom. The summed E-state index contributed by atoms with van der Waals surface area (Å²) in [6, 6.07) is -1.19. The van der Waals surface area contributed by atoms with Crippen LogP contribution in [0, 0.1) is 0 Å². The molecule has 5 heteroatoms. The normalized spacial score (nSPS) is 11.4. The molecule has 0 aliphatic carbocycles. The summed E-state index contributed by atoms with van der Waals surface area (Å²) in [6.45, 7) is 9.58. The minimum absolute atomic E-state index is 0.309. The van der Waals surface area contributed by atoms with E-state index in [0.29, 0.717) is 17.6 Å². The number of ether oxygens (including phenoxy) is 1. The van der Waals surface area contributed by atoms with Gasteiger partial charge in [-0.3, -0.25) is 0 Å². The minimum Gasteiger partial charge on any atom is -0.479 e. The number of rotatable bonds is 8. The third-order valence-corrected chi connectivity index (χ3v) is 2.58. The van der Waals surface area contributed by atoms with Gasteiger partial charge in [0.1, 0.15) is 0 Å². The topological polar surface area (TPSA) is 75.6 Å². The number of hydrogen-bond acceptors (Lipinski definition) is 3. The molecule has 0 aromatic carbocycles. The van der Waals surface area contributed by atoms with Crippen LogP contribution in [0.25, 0.3) is 0 Å². The molecule has 0 aliphatic rings. The number of carbonyl (C=O) groups excluding carboxylic acids is 1. The van der Waals surface area contributed by atoms with Crippen LogP contribution in [0.15, 0.2) is 24.3 Å². The summed E-state index contributed by atoms with van der Waals surface area (Å²) in [5, 5.41) is 11.3. The maximum Gasteiger partial charge on any atom is 0.407 e. The molecule has 1 amide bonds. The molecule has 0 fully saturated rings. The number of carbonyl (C=O) groups is 2. The number of methoxy groups -OCH3 is 1. The second-order valence-electron chi connectivity index (χ2n) is 3.99. The molecule has 5 nitrogen and oxygen atoms in total. The Balaban J connectivity index is 4.51. The average Bonchev–Trinajstić information content (AvgIpc) is 2.34. The predicted octanol–water partition coefficient (Wildman–Crippen LogP) is 2.49. The summed E-state index contributed by atoms with van der Waals surface area (Å²) in [6.07, 6.45) is 2.93. The third-order valence-electron chi connectivity index (χ3n) is 2.58. The Kier molecular flexibility index (Phi) is 7.51. The fourth-order valence-electron chi connectivity index (χ4n) is 1.43. The second kappa shape index (κ2) is 8.33. The van der Waals surface area contributed by atoms with Gasteiger partial charge in [-0.25, -0.2) is 9.59 Å². The van der Waals surface area contributed by atoms with Gasteiger partial charge in [0.25, 0.3) is 0 Å². The van der Waals surface area contributed by atoms with Gasteiger partial charge in [-0.15, -0.1) is 0 Å². The summed E-state index contributed by atoms with van der Waals surface area (Å²) < 4.78 is 4.38. The van der Waals surface area contributed by atoms with Crippen molar-refractivity contribution in [2.24, 2.45) is 0 Å². The molecule has 0 saturated heterocycles. The van der Waals surface area contributed by atoms with Crippen LogP contribution < -0.4 is 5.32 Å². The molecule has 0 spiro atoms. The van der Waals surface area contributed by atoms with Gasteiger partial charge in [0.2, 0.25) is 0 Å². The maximum absolute atomic E-state index is 11.1. The average molecular weight is 255 g/mol. The van der Waals surface area contributed by atoms with Crippen LogP contribution in [0.1, 0.15) is 32.6 Å². The zero-order chi connectivity index (χ0) is 14.1. The number of amides is 1. The SMILES string of the molecule is C=C(CCCCC)C(=C)[C@H](NC(=O)OC)C(=O)O. The number of aliphatic carboxylic acids is 1. The van der Waals surface area contributed by atoms with Gasteiger partial charge in [0.15, 0.2) is 6.04 Å². The van der Waals surface area contributed by atoms with Crippen molar-refractivity contribution in [2.75, 3.05) is 7.11 Å². The lowest BCUT2D eigenvalue weighted by Crippen LogP contribution is -2.42. The standard InChI is InChI=1S/C13H21NO4/c1-5-6-7-8-9(2)10(3)11(12(15)16)14-13(17)18-4/h11H,2-3,5-8H2,1,4H3,(H,14,17)(H,15,16)/t11-/m0/s1. The molecule has 0 aromatic heterocycles. The highest BCUT2D eigenvalue weighted by atomic mass is 16.5. The van der Waals surface area contributed by atoms with E-state index in [1.807, 2.05) is 0 Å². The van der Waals surface area contributed by atoms with E-state index >= 15 is 0 Å². The molecule has 0 aliphatic heterocycles. The van der Waals surface area contributed by atoms with Gasteiger partial charge in [0, 0.05) is 0 Å². The smallest absolute Gasteiger partial charge is 0.407 e. The van der Waals surface area contributed by atoms with E-state index in [0.717, 1.165) is 19.3 Å². The van der Waals surface area contributed by atoms with Crippen LogP contribution in [0.3, 0.4) is 0 Å². The monoisotopic (exact) mass is 255 g/mol. The highest BCUT2D eigenvalue weighted by molar-refractivity contribution is 5.84. The fraction of sp³-hybridized carbons (Fsp3) is 0.538. The third kappa shape index (κ3) is 5.52. The van der Waals surface area contributed by atoms with Crippen LogP contribution in [-0.4, -0.2) is 30.3 Å². The van der Waals surface area contributed by atoms with Gasteiger partial charge in [0.05, 0.1) is 7.11 Å². The largest absolute Gasteiger partial charge is 0.479 e. The Bertz CT molecular complexity index is 336. The van der Waals surface area contributed by atoms with Crippen molar-refractivity contribution in [3.05, 3.63) is 24.3 Å². The first-order chi connectivity index (χ1) is 8.43. The van der Waals surface area contributed by atoms with Crippen molar-refractivity contribution in [1.29, 1.82) is 0 Å². The van der Waals surface area contributed by atoms with Gasteiger partial charge < -0.3 is 15.2 Å². The summed E-state index contributed by atoms with van der Waals surface area (Å²) in [5.74, 6) is -1.18. The molecular weight excluding hydrogens is 234 g/mol. The number of nitrogens with one attached hydrogen (secondary N) is 1. The lowest BCUT2D eigenvalue weighted by atomic mass is 9.97. The Morgan fingerprint density at radius 3 is 2.39 bits per heavy atom. The molecule has 0 radical (unpaired) electrons. The summed E-state index contributed by atoms with van der Waals surface area (Å²) in [4.78, 5) is 22.1. The molecule has 0 aromatic rings. The lowest BCUT2D eigenvalue weighted by molar-refractivity contribution is -0.138. The van der Waals surface area contributed by atoms with Crippen LogP contribution >= 0.6 is 0 Å². The highest BCUT2D eigenvalue weighted by Gasteiger charge is 2.24. The number of alkyl carbamates (subject to hydrolysis) is 1. The predicted molar refractivity (Wildman–Crippen MR) is 69.4 cm³/mol. The van der Waals surface area contributed by atoms with Gasteiger partial charge >= 0.3 is 12.1 Å². The van der Waals surface area contributed by atoms with Crippen molar-refractivity contribution in [3.8, 4) is 0 Å². The number of unbranched alkanes of at least 4 members (excludes halogenated alkanes) is 2. The molecule has 1 atom stereocenters. The number of carboxylic acid groups (broad SMARTS) is 1. The molecule has 0 heterocycles. The molecule has 18 heavy (non-hydrogen) atoms. The molecule has 0 unspecified atom stereocenters. The molecule has 0 rings (SSSR count). The Morgan fingerprint density at radius 1 is 1.33 bits per heavy atom. The Hall–Kier alpha value is -1.78. The van der Waals surface area contributed by atoms with Crippen molar-refractivity contribution < 1.29 is 19.4 Å². The highest BCUT2D eigenvalue weighted by Crippen LogP contribution is 2.18. The first-order valence-electron chi connectivity index (χ1n) is 5.88. The van der Waals surface area contributed by atoms with E-state index < -0.39 is 18.1 Å². The summed E-state index contributed by atoms with van der Waals surface area (Å²) in [7, 11) is 1.17. The van der Waals surface area contributed by atoms with E-state index in [9.17, 15) is 9.59 Å². The first-order valence-corrected chi connectivity index (χ1v) is 5.88. The maximum atomic E-state index is 11.1. The molecular formula is C13H21NO4. The zero-order valence-electron chi connectivity index (χ0n) is 11.0. The lowest BCUT2D eigenvalue weighted by Gasteiger charge is -2.18. The van der Waals surface area contributed by atoms with Crippen LogP contribution in [0.2, 0.25) is 0 Å². The quantitative estimate of drug-likeness (QED) is 0.516. The molecule has 2 N–H and O–H groups in total. The number of hydrogen-bond donors (Lipinski definition) is 2. The van der Waals surface area contributed by atoms with Gasteiger partial charge in [-0.2, -0.15) is 0 Å². The van der Waals surface area contributed by atoms with Crippen LogP contribution in [0.5, 0.6) is 0 Å². The van der Waals surface area contributed by atoms with E-state index in [4.69, 9.17) is 5.11 Å². The van der Waals surface area contributed by atoms with Gasteiger partial charge in [-0.1, -0.05) is 32.9 Å². The van der Waals surface area contributed by atoms with E-state index in [-0.39, 0.29) is 0 Å². The summed E-state index contributed by atoms with van der Waals surface area (Å²) in [5.41, 5.74) is 0.955. The summed E-state index contributed by atoms with van der Waals surface area (Å²) >= 11 is 0. The molecule has 102 valence electrons. The second-order valence-corrected chi connectivity index (χ2v) is 3.99. The molecule has 0 saturated carbocycles. The van der Waals surface area contributed by atoms with Crippen molar-refractivity contribution in [3.63, 3.8) is 0 Å². The minimum atomic E-state index is -1.19. The van der Waals surface area contributed by atoms with E-state index in [1.165, 1.54) is 7.11 Å². The molecule has 0 bridgehead atoms. The van der Waals surface area contributed by atoms with Crippen molar-refractivity contribution >= 4 is 12.1 Å². The Labute approximate surface area is 108 Å². The first kappa shape index (κ1) is 16.2. The van der Waals surface area contributed by atoms with Gasteiger partial charge in [-0.05, 0) is 24.0 Å². The van der Waals surface area contributed by atoms with Crippen molar-refractivity contribution in [1.82, 2.24) is 5.32 Å².